The molecule has 1 aromatic carbocycles. The molecule has 0 saturated heterocycles. The zero-order valence-corrected chi connectivity index (χ0v) is 12.2. The molecule has 1 aliphatic heterocycles. The molecule has 5 nitrogen and oxygen atoms in total. The van der Waals surface area contributed by atoms with Crippen LogP contribution in [0.25, 0.3) is 0 Å². The van der Waals surface area contributed by atoms with Crippen molar-refractivity contribution in [2.24, 2.45) is 21.5 Å². The first kappa shape index (κ1) is 18.2. The Balaban J connectivity index is 0.00000180. The van der Waals surface area contributed by atoms with Gasteiger partial charge in [-0.15, -0.1) is 24.8 Å². The number of hydrogen-bond donors (Lipinski definition) is 2. The van der Waals surface area contributed by atoms with Gasteiger partial charge in [-0.05, 0) is 24.3 Å². The highest BCUT2D eigenvalue weighted by Crippen LogP contribution is 2.12. The minimum Gasteiger partial charge on any atom is -0.369 e. The fraction of sp³-hybridized carbons (Fsp3) is 0.167. The number of hydrogen-bond acceptors (Lipinski definition) is 1. The molecule has 4 N–H and O–H groups in total. The molecule has 0 aromatic heterocycles. The van der Waals surface area contributed by atoms with Gasteiger partial charge in [0.2, 0.25) is 5.96 Å². The van der Waals surface area contributed by atoms with E-state index >= 15 is 0 Å². The van der Waals surface area contributed by atoms with Gasteiger partial charge >= 0.3 is 0 Å². The average molecular weight is 320 g/mol. The fourth-order valence-electron chi connectivity index (χ4n) is 1.53. The zero-order valence-electron chi connectivity index (χ0n) is 10.6. The lowest BCUT2D eigenvalue weighted by Crippen LogP contribution is -2.36. The normalized spacial score (nSPS) is 14.8. The molecule has 8 heteroatoms. The molecular weight excluding hydrogens is 304 g/mol. The number of aliphatic imine (C=N–C) groups is 2. The monoisotopic (exact) mass is 319 g/mol. The molecule has 1 aromatic rings. The lowest BCUT2D eigenvalue weighted by atomic mass is 10.3. The molecule has 1 heterocycles. The highest BCUT2D eigenvalue weighted by molar-refractivity contribution is 5.94. The van der Waals surface area contributed by atoms with Crippen LogP contribution >= 0.6 is 24.8 Å². The Labute approximate surface area is 129 Å². The molecule has 2 rings (SSSR count). The van der Waals surface area contributed by atoms with E-state index in [2.05, 4.69) is 9.98 Å². The number of rotatable bonds is 1. The quantitative estimate of drug-likeness (QED) is 0.470. The van der Waals surface area contributed by atoms with Crippen LogP contribution < -0.4 is 11.5 Å². The Bertz CT molecular complexity index is 505. The highest BCUT2D eigenvalue weighted by Gasteiger charge is 2.08. The highest BCUT2D eigenvalue weighted by atomic mass is 35.5. The summed E-state index contributed by atoms with van der Waals surface area (Å²) >= 11 is 0. The van der Waals surface area contributed by atoms with Crippen molar-refractivity contribution in [1.82, 2.24) is 4.90 Å². The van der Waals surface area contributed by atoms with Crippen LogP contribution in [-0.2, 0) is 0 Å². The van der Waals surface area contributed by atoms with Gasteiger partial charge in [-0.25, -0.2) is 9.38 Å². The van der Waals surface area contributed by atoms with E-state index in [0.717, 1.165) is 13.1 Å². The molecule has 0 saturated carbocycles. The first-order valence-corrected chi connectivity index (χ1v) is 5.49. The molecule has 0 unspecified atom stereocenters. The van der Waals surface area contributed by atoms with Crippen molar-refractivity contribution in [1.29, 1.82) is 0 Å². The first-order valence-electron chi connectivity index (χ1n) is 5.49. The van der Waals surface area contributed by atoms with E-state index in [0.29, 0.717) is 11.6 Å². The largest absolute Gasteiger partial charge is 0.369 e. The second-order valence-corrected chi connectivity index (χ2v) is 3.79. The van der Waals surface area contributed by atoms with Crippen molar-refractivity contribution in [3.8, 4) is 0 Å². The Kier molecular flexibility index (Phi) is 7.64. The molecule has 0 spiro atoms. The number of nitrogens with zero attached hydrogens (tertiary/aromatic N) is 3. The predicted molar refractivity (Wildman–Crippen MR) is 84.5 cm³/mol. The number of guanidine groups is 2. The van der Waals surface area contributed by atoms with E-state index in [1.807, 2.05) is 17.1 Å². The molecule has 0 aliphatic carbocycles. The summed E-state index contributed by atoms with van der Waals surface area (Å²) in [6.45, 7) is 1.44. The average Bonchev–Trinajstić information content (AvgIpc) is 2.85. The molecule has 0 atom stereocenters. The molecule has 0 radical (unpaired) electrons. The SMILES string of the molecule is Cl.Cl.NC(=Nc1ccc(F)cc1)/N=C(/N)N1CC=CC1. The van der Waals surface area contributed by atoms with Crippen molar-refractivity contribution >= 4 is 42.4 Å². The van der Waals surface area contributed by atoms with Crippen LogP contribution in [0.15, 0.2) is 46.4 Å². The maximum atomic E-state index is 12.7. The van der Waals surface area contributed by atoms with Crippen LogP contribution in [0.2, 0.25) is 0 Å². The molecule has 0 bridgehead atoms. The topological polar surface area (TPSA) is 80.0 Å². The minimum absolute atomic E-state index is 0. The summed E-state index contributed by atoms with van der Waals surface area (Å²) in [4.78, 5) is 9.87. The maximum absolute atomic E-state index is 12.7. The Morgan fingerprint density at radius 1 is 1.05 bits per heavy atom. The number of nitrogens with two attached hydrogens (primary N) is 2. The molecule has 20 heavy (non-hydrogen) atoms. The first-order chi connectivity index (χ1) is 8.65. The third-order valence-corrected chi connectivity index (χ3v) is 2.44. The van der Waals surface area contributed by atoms with Gasteiger partial charge in [-0.1, -0.05) is 12.2 Å². The van der Waals surface area contributed by atoms with Crippen molar-refractivity contribution < 1.29 is 4.39 Å². The van der Waals surface area contributed by atoms with Crippen molar-refractivity contribution in [2.75, 3.05) is 13.1 Å². The van der Waals surface area contributed by atoms with E-state index < -0.39 is 0 Å². The fourth-order valence-corrected chi connectivity index (χ4v) is 1.53. The van der Waals surface area contributed by atoms with Crippen molar-refractivity contribution in [3.05, 3.63) is 42.2 Å². The van der Waals surface area contributed by atoms with Crippen LogP contribution in [0.4, 0.5) is 10.1 Å². The predicted octanol–water partition coefficient (Wildman–Crippen LogP) is 1.80. The molecule has 1 aliphatic rings. The van der Waals surface area contributed by atoms with Gasteiger partial charge in [0.05, 0.1) is 5.69 Å². The van der Waals surface area contributed by atoms with Gasteiger partial charge < -0.3 is 16.4 Å². The van der Waals surface area contributed by atoms with Crippen LogP contribution in [0, 0.1) is 5.82 Å². The lowest BCUT2D eigenvalue weighted by molar-refractivity contribution is 0.534. The van der Waals surface area contributed by atoms with Gasteiger partial charge in [0.25, 0.3) is 0 Å². The summed E-state index contributed by atoms with van der Waals surface area (Å²) in [5.41, 5.74) is 12.0. The summed E-state index contributed by atoms with van der Waals surface area (Å²) in [6, 6.07) is 5.66. The number of halogens is 3. The van der Waals surface area contributed by atoms with Crippen LogP contribution in [0.3, 0.4) is 0 Å². The van der Waals surface area contributed by atoms with E-state index in [-0.39, 0.29) is 36.6 Å². The van der Waals surface area contributed by atoms with Gasteiger partial charge in [0.15, 0.2) is 5.96 Å². The standard InChI is InChI=1S/C12H14FN5.2ClH/c13-9-3-5-10(6-4-9)16-11(14)17-12(15)18-7-1-2-8-18;;/h1-6H,7-8H2,(H4,14,15,16,17);2*1H. The van der Waals surface area contributed by atoms with Crippen LogP contribution in [0.1, 0.15) is 0 Å². The minimum atomic E-state index is -0.321. The Hall–Kier alpha value is -1.79. The van der Waals surface area contributed by atoms with Crippen LogP contribution in [-0.4, -0.2) is 29.9 Å². The second-order valence-electron chi connectivity index (χ2n) is 3.79. The summed E-state index contributed by atoms with van der Waals surface area (Å²) in [7, 11) is 0. The second kappa shape index (κ2) is 8.39. The van der Waals surface area contributed by atoms with E-state index in [1.165, 1.54) is 24.3 Å². The van der Waals surface area contributed by atoms with Gasteiger partial charge in [-0.2, -0.15) is 4.99 Å². The van der Waals surface area contributed by atoms with Crippen LogP contribution in [0.5, 0.6) is 0 Å². The van der Waals surface area contributed by atoms with Gasteiger partial charge in [0.1, 0.15) is 5.82 Å². The maximum Gasteiger partial charge on any atom is 0.223 e. The van der Waals surface area contributed by atoms with Crippen molar-refractivity contribution in [3.63, 3.8) is 0 Å². The third-order valence-electron chi connectivity index (χ3n) is 2.44. The number of benzene rings is 1. The summed E-state index contributed by atoms with van der Waals surface area (Å²) in [5.74, 6) is 0.0491. The Morgan fingerprint density at radius 3 is 2.15 bits per heavy atom. The Morgan fingerprint density at radius 2 is 1.60 bits per heavy atom. The zero-order chi connectivity index (χ0) is 13.0. The van der Waals surface area contributed by atoms with Crippen molar-refractivity contribution in [2.45, 2.75) is 0 Å². The van der Waals surface area contributed by atoms with Gasteiger partial charge in [0, 0.05) is 13.1 Å². The van der Waals surface area contributed by atoms with E-state index in [9.17, 15) is 4.39 Å². The van der Waals surface area contributed by atoms with Gasteiger partial charge in [-0.3, -0.25) is 0 Å². The molecule has 110 valence electrons. The summed E-state index contributed by atoms with van der Waals surface area (Å²) in [5, 5.41) is 0. The smallest absolute Gasteiger partial charge is 0.223 e. The molecular formula is C12H16Cl2FN5. The molecule has 0 amide bonds. The lowest BCUT2D eigenvalue weighted by Gasteiger charge is -2.15. The van der Waals surface area contributed by atoms with E-state index in [4.69, 9.17) is 11.5 Å². The summed E-state index contributed by atoms with van der Waals surface area (Å²) in [6.07, 6.45) is 3.99. The summed E-state index contributed by atoms with van der Waals surface area (Å²) < 4.78 is 12.7. The third kappa shape index (κ3) is 5.07. The van der Waals surface area contributed by atoms with E-state index in [1.54, 1.807) is 0 Å². The molecule has 0 fully saturated rings.